The minimum Gasteiger partial charge on any atom is -0.496 e. The molecule has 0 aliphatic rings. The van der Waals surface area contributed by atoms with Crippen LogP contribution in [0.3, 0.4) is 0 Å². The van der Waals surface area contributed by atoms with E-state index >= 15 is 0 Å². The predicted molar refractivity (Wildman–Crippen MR) is 78.8 cm³/mol. The highest BCUT2D eigenvalue weighted by Crippen LogP contribution is 2.26. The van der Waals surface area contributed by atoms with E-state index in [-0.39, 0.29) is 11.6 Å². The average molecular weight is 286 g/mol. The second-order valence-electron chi connectivity index (χ2n) is 4.36. The first-order valence-electron chi connectivity index (χ1n) is 6.23. The number of hydrogen-bond acceptors (Lipinski definition) is 4. The summed E-state index contributed by atoms with van der Waals surface area (Å²) in [5.74, 6) is 0.0640. The van der Waals surface area contributed by atoms with Crippen LogP contribution in [-0.4, -0.2) is 17.9 Å². The number of nitro benzene ring substituents is 1. The Hall–Kier alpha value is -2.89. The zero-order chi connectivity index (χ0) is 15.4. The van der Waals surface area contributed by atoms with E-state index in [0.29, 0.717) is 22.6 Å². The van der Waals surface area contributed by atoms with Crippen molar-refractivity contribution >= 4 is 17.3 Å². The molecule has 0 heterocycles. The number of nitrogens with zero attached hydrogens (tertiary/aromatic N) is 1. The van der Waals surface area contributed by atoms with Crippen LogP contribution in [0.25, 0.3) is 0 Å². The van der Waals surface area contributed by atoms with Gasteiger partial charge in [0, 0.05) is 6.07 Å². The number of rotatable bonds is 4. The molecule has 2 rings (SSSR count). The SMILES string of the molecule is COc1ccccc1C(=O)Nc1cccc([N+](=O)[O-])c1C. The molecule has 0 atom stereocenters. The third kappa shape index (κ3) is 3.00. The van der Waals surface area contributed by atoms with E-state index in [1.165, 1.54) is 19.2 Å². The Morgan fingerprint density at radius 2 is 1.90 bits per heavy atom. The van der Waals surface area contributed by atoms with Crippen molar-refractivity contribution in [3.8, 4) is 5.75 Å². The third-order valence-corrected chi connectivity index (χ3v) is 3.10. The third-order valence-electron chi connectivity index (χ3n) is 3.10. The van der Waals surface area contributed by atoms with E-state index in [1.807, 2.05) is 0 Å². The lowest BCUT2D eigenvalue weighted by Gasteiger charge is -2.11. The smallest absolute Gasteiger partial charge is 0.274 e. The molecule has 6 heteroatoms. The van der Waals surface area contributed by atoms with Gasteiger partial charge in [-0.3, -0.25) is 14.9 Å². The van der Waals surface area contributed by atoms with Crippen LogP contribution in [0.2, 0.25) is 0 Å². The van der Waals surface area contributed by atoms with Gasteiger partial charge in [-0.2, -0.15) is 0 Å². The number of nitro groups is 1. The first-order chi connectivity index (χ1) is 10.0. The number of carbonyl (C=O) groups is 1. The summed E-state index contributed by atoms with van der Waals surface area (Å²) in [4.78, 5) is 22.7. The van der Waals surface area contributed by atoms with Gasteiger partial charge in [-0.1, -0.05) is 18.2 Å². The molecule has 21 heavy (non-hydrogen) atoms. The van der Waals surface area contributed by atoms with Crippen molar-refractivity contribution in [3.05, 3.63) is 63.7 Å². The van der Waals surface area contributed by atoms with Gasteiger partial charge in [-0.15, -0.1) is 0 Å². The number of carbonyl (C=O) groups excluding carboxylic acids is 1. The van der Waals surface area contributed by atoms with Crippen LogP contribution in [-0.2, 0) is 0 Å². The van der Waals surface area contributed by atoms with E-state index in [0.717, 1.165) is 0 Å². The monoisotopic (exact) mass is 286 g/mol. The average Bonchev–Trinajstić information content (AvgIpc) is 2.48. The molecular weight excluding hydrogens is 272 g/mol. The molecule has 1 N–H and O–H groups in total. The zero-order valence-electron chi connectivity index (χ0n) is 11.6. The quantitative estimate of drug-likeness (QED) is 0.691. The fraction of sp³-hybridized carbons (Fsp3) is 0.133. The highest BCUT2D eigenvalue weighted by molar-refractivity contribution is 6.06. The van der Waals surface area contributed by atoms with E-state index in [1.54, 1.807) is 37.3 Å². The normalized spacial score (nSPS) is 10.0. The molecule has 0 fully saturated rings. The maximum Gasteiger partial charge on any atom is 0.274 e. The maximum absolute atomic E-state index is 12.3. The van der Waals surface area contributed by atoms with Gasteiger partial charge in [0.05, 0.1) is 28.8 Å². The van der Waals surface area contributed by atoms with Gasteiger partial charge in [0.2, 0.25) is 0 Å². The first-order valence-corrected chi connectivity index (χ1v) is 6.23. The van der Waals surface area contributed by atoms with Crippen LogP contribution in [0.4, 0.5) is 11.4 Å². The number of benzene rings is 2. The largest absolute Gasteiger partial charge is 0.496 e. The van der Waals surface area contributed by atoms with E-state index < -0.39 is 4.92 Å². The molecular formula is C15H14N2O4. The van der Waals surface area contributed by atoms with Crippen molar-refractivity contribution in [1.29, 1.82) is 0 Å². The van der Waals surface area contributed by atoms with Crippen molar-refractivity contribution in [3.63, 3.8) is 0 Å². The summed E-state index contributed by atoms with van der Waals surface area (Å²) in [6.45, 7) is 1.59. The Morgan fingerprint density at radius 1 is 1.19 bits per heavy atom. The second-order valence-corrected chi connectivity index (χ2v) is 4.36. The first kappa shape index (κ1) is 14.5. The Kier molecular flexibility index (Phi) is 4.18. The van der Waals surface area contributed by atoms with Gasteiger partial charge < -0.3 is 10.1 Å². The van der Waals surface area contributed by atoms with Gasteiger partial charge >= 0.3 is 0 Å². The molecule has 0 aromatic heterocycles. The summed E-state index contributed by atoms with van der Waals surface area (Å²) >= 11 is 0. The highest BCUT2D eigenvalue weighted by Gasteiger charge is 2.17. The molecule has 0 unspecified atom stereocenters. The number of nitrogens with one attached hydrogen (secondary N) is 1. The number of ether oxygens (including phenoxy) is 1. The number of para-hydroxylation sites is 1. The fourth-order valence-electron chi connectivity index (χ4n) is 1.98. The molecule has 6 nitrogen and oxygen atoms in total. The molecule has 0 bridgehead atoms. The lowest BCUT2D eigenvalue weighted by atomic mass is 10.1. The van der Waals surface area contributed by atoms with Crippen LogP contribution in [0.15, 0.2) is 42.5 Å². The Labute approximate surface area is 121 Å². The van der Waals surface area contributed by atoms with Crippen molar-refractivity contribution < 1.29 is 14.5 Å². The van der Waals surface area contributed by atoms with Crippen molar-refractivity contribution in [2.45, 2.75) is 6.92 Å². The number of methoxy groups -OCH3 is 1. The van der Waals surface area contributed by atoms with E-state index in [9.17, 15) is 14.9 Å². The van der Waals surface area contributed by atoms with E-state index in [4.69, 9.17) is 4.74 Å². The number of hydrogen-bond donors (Lipinski definition) is 1. The van der Waals surface area contributed by atoms with Crippen LogP contribution >= 0.6 is 0 Å². The summed E-state index contributed by atoms with van der Waals surface area (Å²) in [6, 6.07) is 11.3. The predicted octanol–water partition coefficient (Wildman–Crippen LogP) is 3.16. The van der Waals surface area contributed by atoms with Gasteiger partial charge in [0.25, 0.3) is 11.6 Å². The molecule has 0 radical (unpaired) electrons. The van der Waals surface area contributed by atoms with Crippen LogP contribution in [0.5, 0.6) is 5.75 Å². The summed E-state index contributed by atoms with van der Waals surface area (Å²) < 4.78 is 5.13. The standard InChI is InChI=1S/C15H14N2O4/c1-10-12(7-5-8-13(10)17(19)20)16-15(18)11-6-3-4-9-14(11)21-2/h3-9H,1-2H3,(H,16,18). The minimum absolute atomic E-state index is 0.0344. The molecule has 1 amide bonds. The second kappa shape index (κ2) is 6.04. The molecule has 0 aliphatic heterocycles. The molecule has 0 saturated heterocycles. The Bertz CT molecular complexity index is 698. The van der Waals surface area contributed by atoms with Gasteiger partial charge in [-0.05, 0) is 25.1 Å². The van der Waals surface area contributed by atoms with Crippen LogP contribution in [0.1, 0.15) is 15.9 Å². The topological polar surface area (TPSA) is 81.5 Å². The minimum atomic E-state index is -0.478. The number of amides is 1. The summed E-state index contributed by atoms with van der Waals surface area (Å²) in [5, 5.41) is 13.6. The van der Waals surface area contributed by atoms with Crippen LogP contribution < -0.4 is 10.1 Å². The van der Waals surface area contributed by atoms with E-state index in [2.05, 4.69) is 5.32 Å². The van der Waals surface area contributed by atoms with Crippen LogP contribution in [0, 0.1) is 17.0 Å². The molecule has 2 aromatic carbocycles. The summed E-state index contributed by atoms with van der Waals surface area (Å²) in [7, 11) is 1.48. The molecule has 0 spiro atoms. The van der Waals surface area contributed by atoms with Gasteiger partial charge in [-0.25, -0.2) is 0 Å². The molecule has 0 saturated carbocycles. The lowest BCUT2D eigenvalue weighted by Crippen LogP contribution is -2.14. The highest BCUT2D eigenvalue weighted by atomic mass is 16.6. The van der Waals surface area contributed by atoms with Gasteiger partial charge in [0.1, 0.15) is 5.75 Å². The van der Waals surface area contributed by atoms with Gasteiger partial charge in [0.15, 0.2) is 0 Å². The van der Waals surface area contributed by atoms with Crippen molar-refractivity contribution in [1.82, 2.24) is 0 Å². The maximum atomic E-state index is 12.3. The molecule has 2 aromatic rings. The fourth-order valence-corrected chi connectivity index (χ4v) is 1.98. The zero-order valence-corrected chi connectivity index (χ0v) is 11.6. The van der Waals surface area contributed by atoms with Crippen molar-refractivity contribution in [2.24, 2.45) is 0 Å². The molecule has 108 valence electrons. The summed E-state index contributed by atoms with van der Waals surface area (Å²) in [6.07, 6.45) is 0. The lowest BCUT2D eigenvalue weighted by molar-refractivity contribution is -0.385. The van der Waals surface area contributed by atoms with Crippen molar-refractivity contribution in [2.75, 3.05) is 12.4 Å². The summed E-state index contributed by atoms with van der Waals surface area (Å²) in [5.41, 5.74) is 1.14. The molecule has 0 aliphatic carbocycles. The number of anilines is 1. The Morgan fingerprint density at radius 3 is 2.57 bits per heavy atom. The Balaban J connectivity index is 2.32.